The summed E-state index contributed by atoms with van der Waals surface area (Å²) in [7, 11) is 0. The van der Waals surface area contributed by atoms with Gasteiger partial charge < -0.3 is 21.7 Å². The van der Waals surface area contributed by atoms with Crippen LogP contribution in [0.3, 0.4) is 0 Å². The molecule has 0 unspecified atom stereocenters. The maximum Gasteiger partial charge on any atom is 2.00 e. The van der Waals surface area contributed by atoms with E-state index < -0.39 is 0 Å². The number of hydrogen-bond acceptors (Lipinski definition) is 1. The first kappa shape index (κ1) is 17.7. The van der Waals surface area contributed by atoms with E-state index in [1.807, 2.05) is 0 Å². The first-order chi connectivity index (χ1) is 7.74. The number of benzene rings is 2. The van der Waals surface area contributed by atoms with Crippen molar-refractivity contribution in [2.24, 2.45) is 0 Å². The third kappa shape index (κ3) is 5.56. The number of rotatable bonds is 3. The second-order valence-corrected chi connectivity index (χ2v) is 3.72. The Labute approximate surface area is 137 Å². The molecule has 2 aromatic rings. The molecule has 2 aromatic carbocycles. The Morgan fingerprint density at radius 2 is 1.78 bits per heavy atom. The summed E-state index contributed by atoms with van der Waals surface area (Å²) in [6.07, 6.45) is 0. The van der Waals surface area contributed by atoms with Gasteiger partial charge in [-0.3, -0.25) is 0 Å². The van der Waals surface area contributed by atoms with E-state index in [1.54, 1.807) is 30.3 Å². The fourth-order valence-corrected chi connectivity index (χ4v) is 1.34. The molecule has 18 heavy (non-hydrogen) atoms. The molecular weight excluding hydrogens is 331 g/mol. The summed E-state index contributed by atoms with van der Waals surface area (Å²) in [5.41, 5.74) is 0.907. The molecule has 0 spiro atoms. The summed E-state index contributed by atoms with van der Waals surface area (Å²) in [5, 5.41) is 0.620. The van der Waals surface area contributed by atoms with E-state index in [9.17, 15) is 4.39 Å². The van der Waals surface area contributed by atoms with Crippen molar-refractivity contribution < 1.29 is 26.1 Å². The fourth-order valence-electron chi connectivity index (χ4n) is 1.22. The third-order valence-corrected chi connectivity index (χ3v) is 2.29. The molecule has 0 aliphatic heterocycles. The van der Waals surface area contributed by atoms with Crippen LogP contribution in [-0.4, -0.2) is 23.1 Å². The Kier molecular flexibility index (Phi) is 8.60. The van der Waals surface area contributed by atoms with Crippen molar-refractivity contribution in [2.75, 3.05) is 0 Å². The molecule has 0 heterocycles. The van der Waals surface area contributed by atoms with Crippen LogP contribution in [0.25, 0.3) is 0 Å². The van der Waals surface area contributed by atoms with Crippen molar-refractivity contribution in [1.82, 2.24) is 0 Å². The summed E-state index contributed by atoms with van der Waals surface area (Å²) in [5.74, 6) is 0.371. The molecule has 0 amide bonds. The zero-order valence-electron chi connectivity index (χ0n) is 9.50. The zero-order chi connectivity index (χ0) is 11.4. The predicted octanol–water partition coefficient (Wildman–Crippen LogP) is 0.481. The average Bonchev–Trinajstić information content (AvgIpc) is 2.30. The molecule has 90 valence electrons. The molecule has 0 fully saturated rings. The first-order valence-corrected chi connectivity index (χ1v) is 5.16. The Hall–Kier alpha value is -0.294. The van der Waals surface area contributed by atoms with Crippen molar-refractivity contribution in [2.45, 2.75) is 6.61 Å². The van der Waals surface area contributed by atoms with Crippen LogP contribution < -0.4 is 21.7 Å². The van der Waals surface area contributed by atoms with Gasteiger partial charge in [-0.15, -0.1) is 12.1 Å². The van der Waals surface area contributed by atoms with Gasteiger partial charge in [-0.2, -0.15) is 23.7 Å². The molecular formula is C13H9BrClFMgO. The van der Waals surface area contributed by atoms with Gasteiger partial charge in [-0.1, -0.05) is 17.2 Å². The monoisotopic (exact) mass is 338 g/mol. The molecule has 0 aliphatic carbocycles. The topological polar surface area (TPSA) is 9.23 Å². The quantitative estimate of drug-likeness (QED) is 0.584. The SMILES string of the molecule is Fc1ccc(COc2[c-]cc(Cl)cc2)cc1.[Br-].[Mg+2]. The minimum Gasteiger partial charge on any atom is -1.00 e. The van der Waals surface area contributed by atoms with E-state index in [0.717, 1.165) is 5.56 Å². The summed E-state index contributed by atoms with van der Waals surface area (Å²) < 4.78 is 18.1. The molecule has 0 atom stereocenters. The molecule has 0 aromatic heterocycles. The molecule has 0 bridgehead atoms. The Balaban J connectivity index is 0.00000144. The van der Waals surface area contributed by atoms with Crippen molar-refractivity contribution in [1.29, 1.82) is 0 Å². The summed E-state index contributed by atoms with van der Waals surface area (Å²) in [6.45, 7) is 0.387. The Morgan fingerprint density at radius 1 is 1.11 bits per heavy atom. The summed E-state index contributed by atoms with van der Waals surface area (Å²) in [6, 6.07) is 14.2. The molecule has 0 saturated heterocycles. The smallest absolute Gasteiger partial charge is 1.00 e. The molecule has 0 aliphatic rings. The van der Waals surface area contributed by atoms with E-state index in [2.05, 4.69) is 6.07 Å². The van der Waals surface area contributed by atoms with Crippen LogP contribution >= 0.6 is 11.6 Å². The Morgan fingerprint density at radius 3 is 2.33 bits per heavy atom. The standard InChI is InChI=1S/C13H9ClFO.BrH.Mg/c14-11-3-7-13(8-4-11)16-9-10-1-5-12(15)6-2-10;;/h1-7H,9H2;1H;/q-1;;+2/p-1. The first-order valence-electron chi connectivity index (χ1n) is 4.78. The van der Waals surface area contributed by atoms with Crippen molar-refractivity contribution in [3.63, 3.8) is 0 Å². The van der Waals surface area contributed by atoms with Gasteiger partial charge in [-0.25, -0.2) is 4.39 Å². The fraction of sp³-hybridized carbons (Fsp3) is 0.0769. The zero-order valence-corrected chi connectivity index (χ0v) is 13.3. The number of halogens is 3. The second-order valence-electron chi connectivity index (χ2n) is 3.29. The Bertz CT molecular complexity index is 416. The summed E-state index contributed by atoms with van der Waals surface area (Å²) in [4.78, 5) is 0. The summed E-state index contributed by atoms with van der Waals surface area (Å²) >= 11 is 5.72. The number of ether oxygens (including phenoxy) is 1. The third-order valence-electron chi connectivity index (χ3n) is 2.05. The normalized spacial score (nSPS) is 9.00. The van der Waals surface area contributed by atoms with Crippen LogP contribution in [0.15, 0.2) is 42.5 Å². The average molecular weight is 340 g/mol. The molecule has 5 heteroatoms. The van der Waals surface area contributed by atoms with Gasteiger partial charge in [0.15, 0.2) is 0 Å². The van der Waals surface area contributed by atoms with Gasteiger partial charge in [0, 0.05) is 5.75 Å². The van der Waals surface area contributed by atoms with E-state index >= 15 is 0 Å². The van der Waals surface area contributed by atoms with Gasteiger partial charge in [0.05, 0.1) is 0 Å². The van der Waals surface area contributed by atoms with Crippen LogP contribution in [0.5, 0.6) is 5.75 Å². The predicted molar refractivity (Wildman–Crippen MR) is 66.8 cm³/mol. The van der Waals surface area contributed by atoms with Gasteiger partial charge in [0.2, 0.25) is 0 Å². The molecule has 0 saturated carbocycles. The maximum absolute atomic E-state index is 12.6. The number of hydrogen-bond donors (Lipinski definition) is 0. The van der Waals surface area contributed by atoms with Gasteiger partial charge >= 0.3 is 23.1 Å². The van der Waals surface area contributed by atoms with Gasteiger partial charge in [0.25, 0.3) is 0 Å². The minimum atomic E-state index is -0.248. The molecule has 0 N–H and O–H groups in total. The maximum atomic E-state index is 12.6. The van der Waals surface area contributed by atoms with Crippen LogP contribution in [0.1, 0.15) is 5.56 Å². The van der Waals surface area contributed by atoms with Crippen LogP contribution in [0, 0.1) is 11.9 Å². The van der Waals surface area contributed by atoms with Crippen LogP contribution in [0.4, 0.5) is 4.39 Å². The van der Waals surface area contributed by atoms with Crippen molar-refractivity contribution in [3.05, 3.63) is 64.9 Å². The van der Waals surface area contributed by atoms with Crippen molar-refractivity contribution >= 4 is 34.7 Å². The van der Waals surface area contributed by atoms with Crippen LogP contribution in [-0.2, 0) is 6.61 Å². The molecule has 1 nitrogen and oxygen atoms in total. The minimum absolute atomic E-state index is 0. The largest absolute Gasteiger partial charge is 2.00 e. The second kappa shape index (κ2) is 8.75. The van der Waals surface area contributed by atoms with Gasteiger partial charge in [0.1, 0.15) is 12.4 Å². The van der Waals surface area contributed by atoms with E-state index in [4.69, 9.17) is 16.3 Å². The van der Waals surface area contributed by atoms with E-state index in [0.29, 0.717) is 17.4 Å². The van der Waals surface area contributed by atoms with E-state index in [-0.39, 0.29) is 45.9 Å². The molecule has 2 rings (SSSR count). The molecule has 0 radical (unpaired) electrons. The van der Waals surface area contributed by atoms with Gasteiger partial charge in [-0.05, 0) is 17.7 Å². The van der Waals surface area contributed by atoms with Crippen molar-refractivity contribution in [3.8, 4) is 5.75 Å². The van der Waals surface area contributed by atoms with E-state index in [1.165, 1.54) is 12.1 Å². The van der Waals surface area contributed by atoms with Crippen LogP contribution in [0.2, 0.25) is 5.02 Å².